The lowest BCUT2D eigenvalue weighted by atomic mass is 9.49. The first-order valence-electron chi connectivity index (χ1n) is 10.8. The summed E-state index contributed by atoms with van der Waals surface area (Å²) in [6, 6.07) is 17.1. The number of amides is 2. The predicted molar refractivity (Wildman–Crippen MR) is 113 cm³/mol. The summed E-state index contributed by atoms with van der Waals surface area (Å²) in [6.07, 6.45) is 7.18. The molecule has 4 nitrogen and oxygen atoms in total. The molecule has 2 aromatic rings. The second-order valence-corrected chi connectivity index (χ2v) is 9.40. The molecule has 0 atom stereocenters. The maximum atomic E-state index is 13.2. The summed E-state index contributed by atoms with van der Waals surface area (Å²) in [7, 11) is 0. The summed E-state index contributed by atoms with van der Waals surface area (Å²) >= 11 is 0. The van der Waals surface area contributed by atoms with E-state index in [2.05, 4.69) is 10.6 Å². The number of rotatable bonds is 5. The molecule has 0 heterocycles. The van der Waals surface area contributed by atoms with Crippen LogP contribution in [0, 0.1) is 23.2 Å². The fourth-order valence-corrected chi connectivity index (χ4v) is 6.24. The highest BCUT2D eigenvalue weighted by Gasteiger charge is 2.54. The molecule has 4 saturated carbocycles. The van der Waals surface area contributed by atoms with Crippen molar-refractivity contribution in [1.29, 1.82) is 0 Å². The van der Waals surface area contributed by atoms with Gasteiger partial charge in [-0.3, -0.25) is 9.59 Å². The molecule has 150 valence electrons. The molecular formula is C25H28N2O2. The molecule has 2 aromatic carbocycles. The number of anilines is 1. The van der Waals surface area contributed by atoms with Gasteiger partial charge in [0.05, 0.1) is 5.41 Å². The molecule has 0 aliphatic heterocycles. The first-order chi connectivity index (χ1) is 14.1. The average molecular weight is 389 g/mol. The monoisotopic (exact) mass is 388 g/mol. The average Bonchev–Trinajstić information content (AvgIpc) is 2.72. The zero-order valence-electron chi connectivity index (χ0n) is 16.7. The van der Waals surface area contributed by atoms with Crippen LogP contribution >= 0.6 is 0 Å². The SMILES string of the molecule is O=C(NCc1ccccc1)c1ccc(NC(=O)C23CC4CC(CC(C4)C2)C3)cc1. The lowest BCUT2D eigenvalue weighted by Crippen LogP contribution is -2.51. The van der Waals surface area contributed by atoms with Crippen molar-refractivity contribution in [3.63, 3.8) is 0 Å². The van der Waals surface area contributed by atoms with Gasteiger partial charge in [-0.25, -0.2) is 0 Å². The summed E-state index contributed by atoms with van der Waals surface area (Å²) in [5, 5.41) is 6.09. The third-order valence-corrected chi connectivity index (χ3v) is 7.22. The molecule has 0 spiro atoms. The van der Waals surface area contributed by atoms with Crippen LogP contribution in [-0.2, 0) is 11.3 Å². The van der Waals surface area contributed by atoms with Gasteiger partial charge in [-0.05, 0) is 86.1 Å². The van der Waals surface area contributed by atoms with Crippen molar-refractivity contribution >= 4 is 17.5 Å². The van der Waals surface area contributed by atoms with E-state index in [0.717, 1.165) is 48.3 Å². The van der Waals surface area contributed by atoms with Crippen molar-refractivity contribution in [2.45, 2.75) is 45.1 Å². The Hall–Kier alpha value is -2.62. The molecule has 4 fully saturated rings. The Kier molecular flexibility index (Phi) is 4.65. The Balaban J connectivity index is 1.20. The molecule has 0 aromatic heterocycles. The largest absolute Gasteiger partial charge is 0.348 e. The summed E-state index contributed by atoms with van der Waals surface area (Å²) < 4.78 is 0. The molecular weight excluding hydrogens is 360 g/mol. The van der Waals surface area contributed by atoms with Crippen LogP contribution in [-0.4, -0.2) is 11.8 Å². The summed E-state index contributed by atoms with van der Waals surface area (Å²) in [6.45, 7) is 0.504. The minimum atomic E-state index is -0.152. The minimum Gasteiger partial charge on any atom is -0.348 e. The minimum absolute atomic E-state index is 0.104. The highest BCUT2D eigenvalue weighted by molar-refractivity contribution is 5.97. The van der Waals surface area contributed by atoms with E-state index in [1.165, 1.54) is 19.3 Å². The quantitative estimate of drug-likeness (QED) is 0.775. The molecule has 6 rings (SSSR count). The Morgan fingerprint density at radius 2 is 1.41 bits per heavy atom. The third kappa shape index (κ3) is 3.68. The van der Waals surface area contributed by atoms with Crippen molar-refractivity contribution in [3.8, 4) is 0 Å². The van der Waals surface area contributed by atoms with Gasteiger partial charge in [-0.2, -0.15) is 0 Å². The number of nitrogens with one attached hydrogen (secondary N) is 2. The number of benzene rings is 2. The van der Waals surface area contributed by atoms with Gasteiger partial charge in [0.2, 0.25) is 5.91 Å². The summed E-state index contributed by atoms with van der Waals surface area (Å²) in [5.74, 6) is 2.35. The smallest absolute Gasteiger partial charge is 0.251 e. The lowest BCUT2D eigenvalue weighted by Gasteiger charge is -2.55. The summed E-state index contributed by atoms with van der Waals surface area (Å²) in [5.41, 5.74) is 2.31. The number of carbonyl (C=O) groups excluding carboxylic acids is 2. The van der Waals surface area contributed by atoms with E-state index >= 15 is 0 Å². The van der Waals surface area contributed by atoms with Gasteiger partial charge in [-0.15, -0.1) is 0 Å². The third-order valence-electron chi connectivity index (χ3n) is 7.22. The van der Waals surface area contributed by atoms with E-state index in [1.54, 1.807) is 12.1 Å². The van der Waals surface area contributed by atoms with Gasteiger partial charge in [-0.1, -0.05) is 30.3 Å². The molecule has 0 saturated heterocycles. The first kappa shape index (κ1) is 18.4. The van der Waals surface area contributed by atoms with E-state index in [1.807, 2.05) is 42.5 Å². The number of carbonyl (C=O) groups is 2. The van der Waals surface area contributed by atoms with E-state index in [9.17, 15) is 9.59 Å². The molecule has 4 bridgehead atoms. The van der Waals surface area contributed by atoms with Gasteiger partial charge in [0.25, 0.3) is 5.91 Å². The fourth-order valence-electron chi connectivity index (χ4n) is 6.24. The number of hydrogen-bond donors (Lipinski definition) is 2. The van der Waals surface area contributed by atoms with Crippen LogP contribution in [0.2, 0.25) is 0 Å². The molecule has 0 radical (unpaired) electrons. The van der Waals surface area contributed by atoms with Crippen LogP contribution in [0.1, 0.15) is 54.4 Å². The fraction of sp³-hybridized carbons (Fsp3) is 0.440. The highest BCUT2D eigenvalue weighted by atomic mass is 16.2. The molecule has 2 N–H and O–H groups in total. The standard InChI is InChI=1S/C25H28N2O2/c28-23(26-16-17-4-2-1-3-5-17)21-6-8-22(9-7-21)27-24(29)25-13-18-10-19(14-25)12-20(11-18)15-25/h1-9,18-20H,10-16H2,(H,26,28)(H,27,29). The normalized spacial score (nSPS) is 29.4. The second kappa shape index (κ2) is 7.33. The van der Waals surface area contributed by atoms with Gasteiger partial charge in [0.1, 0.15) is 0 Å². The van der Waals surface area contributed by atoms with Crippen LogP contribution in [0.4, 0.5) is 5.69 Å². The summed E-state index contributed by atoms with van der Waals surface area (Å²) in [4.78, 5) is 25.5. The maximum Gasteiger partial charge on any atom is 0.251 e. The molecule has 0 unspecified atom stereocenters. The molecule has 2 amide bonds. The van der Waals surface area contributed by atoms with Crippen molar-refractivity contribution in [2.75, 3.05) is 5.32 Å². The molecule has 29 heavy (non-hydrogen) atoms. The highest BCUT2D eigenvalue weighted by Crippen LogP contribution is 2.60. The molecule has 4 aliphatic carbocycles. The maximum absolute atomic E-state index is 13.2. The number of hydrogen-bond acceptors (Lipinski definition) is 2. The Morgan fingerprint density at radius 3 is 2.00 bits per heavy atom. The van der Waals surface area contributed by atoms with Crippen LogP contribution < -0.4 is 10.6 Å². The Labute approximate surface area is 172 Å². The molecule has 4 aliphatic rings. The Morgan fingerprint density at radius 1 is 0.828 bits per heavy atom. The van der Waals surface area contributed by atoms with E-state index < -0.39 is 0 Å². The van der Waals surface area contributed by atoms with E-state index in [0.29, 0.717) is 12.1 Å². The Bertz CT molecular complexity index is 869. The first-order valence-corrected chi connectivity index (χ1v) is 10.8. The van der Waals surface area contributed by atoms with Crippen molar-refractivity contribution < 1.29 is 9.59 Å². The van der Waals surface area contributed by atoms with Crippen LogP contribution in [0.25, 0.3) is 0 Å². The zero-order chi connectivity index (χ0) is 19.8. The van der Waals surface area contributed by atoms with E-state index in [4.69, 9.17) is 0 Å². The van der Waals surface area contributed by atoms with E-state index in [-0.39, 0.29) is 17.2 Å². The zero-order valence-corrected chi connectivity index (χ0v) is 16.7. The predicted octanol–water partition coefficient (Wildman–Crippen LogP) is 4.77. The molecule has 4 heteroatoms. The van der Waals surface area contributed by atoms with Crippen LogP contribution in [0.3, 0.4) is 0 Å². The van der Waals surface area contributed by atoms with Crippen molar-refractivity contribution in [1.82, 2.24) is 5.32 Å². The lowest BCUT2D eigenvalue weighted by molar-refractivity contribution is -0.140. The second-order valence-electron chi connectivity index (χ2n) is 9.40. The topological polar surface area (TPSA) is 58.2 Å². The van der Waals surface area contributed by atoms with Gasteiger partial charge < -0.3 is 10.6 Å². The van der Waals surface area contributed by atoms with Crippen molar-refractivity contribution in [3.05, 3.63) is 65.7 Å². The van der Waals surface area contributed by atoms with Crippen molar-refractivity contribution in [2.24, 2.45) is 23.2 Å². The van der Waals surface area contributed by atoms with Gasteiger partial charge in [0.15, 0.2) is 0 Å². The van der Waals surface area contributed by atoms with Gasteiger partial charge >= 0.3 is 0 Å². The van der Waals surface area contributed by atoms with Gasteiger partial charge in [0, 0.05) is 17.8 Å². The van der Waals surface area contributed by atoms with Crippen LogP contribution in [0.15, 0.2) is 54.6 Å². The van der Waals surface area contributed by atoms with Crippen LogP contribution in [0.5, 0.6) is 0 Å².